The zero-order chi connectivity index (χ0) is 18.9. The predicted octanol–water partition coefficient (Wildman–Crippen LogP) is 3.31. The van der Waals surface area contributed by atoms with Crippen molar-refractivity contribution in [1.29, 1.82) is 0 Å². The number of rotatable bonds is 8. The van der Waals surface area contributed by atoms with Crippen LogP contribution in [0.5, 0.6) is 5.75 Å². The molecule has 0 spiro atoms. The lowest BCUT2D eigenvalue weighted by molar-refractivity contribution is -0.137. The molecule has 0 unspecified atom stereocenters. The quantitative estimate of drug-likeness (QED) is 0.731. The van der Waals surface area contributed by atoms with Crippen LogP contribution in [-0.4, -0.2) is 54.0 Å². The fourth-order valence-electron chi connectivity index (χ4n) is 2.56. The van der Waals surface area contributed by atoms with Crippen molar-refractivity contribution in [1.82, 2.24) is 10.2 Å². The van der Waals surface area contributed by atoms with E-state index in [0.717, 1.165) is 0 Å². The number of hydrogen-bond donors (Lipinski definition) is 1. The van der Waals surface area contributed by atoms with E-state index >= 15 is 0 Å². The fourth-order valence-corrected chi connectivity index (χ4v) is 5.45. The van der Waals surface area contributed by atoms with E-state index < -0.39 is 0 Å². The minimum Gasteiger partial charge on any atom is -0.484 e. The summed E-state index contributed by atoms with van der Waals surface area (Å²) in [6, 6.07) is 8.04. The molecule has 1 aliphatic heterocycles. The van der Waals surface area contributed by atoms with Gasteiger partial charge < -0.3 is 15.0 Å². The molecule has 144 valence electrons. The molecule has 1 aliphatic rings. The highest BCUT2D eigenvalue weighted by molar-refractivity contribution is 8.16. The summed E-state index contributed by atoms with van der Waals surface area (Å²) < 4.78 is 6.11. The van der Waals surface area contributed by atoms with Crippen molar-refractivity contribution in [3.05, 3.63) is 29.8 Å². The van der Waals surface area contributed by atoms with Crippen molar-refractivity contribution in [3.8, 4) is 5.75 Å². The summed E-state index contributed by atoms with van der Waals surface area (Å²) in [6.45, 7) is 6.12. The molecule has 7 heteroatoms. The van der Waals surface area contributed by atoms with Crippen LogP contribution in [0.3, 0.4) is 0 Å². The van der Waals surface area contributed by atoms with Crippen LogP contribution in [0.4, 0.5) is 0 Å². The first-order valence-electron chi connectivity index (χ1n) is 9.02. The smallest absolute Gasteiger partial charge is 0.260 e. The summed E-state index contributed by atoms with van der Waals surface area (Å²) in [6.07, 6.45) is 1.28. The molecule has 0 atom stereocenters. The van der Waals surface area contributed by atoms with E-state index in [1.807, 2.05) is 56.4 Å². The Morgan fingerprint density at radius 1 is 1.23 bits per heavy atom. The molecule has 1 aromatic rings. The second kappa shape index (κ2) is 10.7. The van der Waals surface area contributed by atoms with E-state index in [0.29, 0.717) is 16.9 Å². The first-order valence-corrected chi connectivity index (χ1v) is 11.1. The standard InChI is InChI=1S/C19H28N2O3S2/c1-4-21(12-17(22)20-14(2)3)18(23)13-24-16-8-6-15(7-9-16)19-25-10-5-11-26-19/h6-9,14,19H,4-5,10-13H2,1-3H3,(H,20,22). The third-order valence-corrected chi connectivity index (χ3v) is 6.88. The molecule has 2 amide bonds. The SMILES string of the molecule is CCN(CC(=O)NC(C)C)C(=O)COc1ccc(C2SCCCS2)cc1. The molecule has 1 aromatic carbocycles. The number of thioether (sulfide) groups is 2. The Hall–Kier alpha value is -1.34. The number of benzene rings is 1. The van der Waals surface area contributed by atoms with Gasteiger partial charge in [0.15, 0.2) is 6.61 Å². The van der Waals surface area contributed by atoms with Gasteiger partial charge in [-0.05, 0) is 56.4 Å². The summed E-state index contributed by atoms with van der Waals surface area (Å²) in [7, 11) is 0. The second-order valence-corrected chi connectivity index (χ2v) is 9.14. The molecule has 26 heavy (non-hydrogen) atoms. The number of amides is 2. The lowest BCUT2D eigenvalue weighted by Gasteiger charge is -2.22. The van der Waals surface area contributed by atoms with Crippen molar-refractivity contribution in [2.24, 2.45) is 0 Å². The summed E-state index contributed by atoms with van der Waals surface area (Å²) in [4.78, 5) is 25.6. The van der Waals surface area contributed by atoms with Gasteiger partial charge in [0.05, 0.1) is 11.1 Å². The molecule has 0 saturated carbocycles. The Morgan fingerprint density at radius 2 is 1.88 bits per heavy atom. The summed E-state index contributed by atoms with van der Waals surface area (Å²) in [5.41, 5.74) is 1.29. The fraction of sp³-hybridized carbons (Fsp3) is 0.579. The summed E-state index contributed by atoms with van der Waals surface area (Å²) in [5.74, 6) is 2.76. The van der Waals surface area contributed by atoms with Gasteiger partial charge >= 0.3 is 0 Å². The molecule has 1 N–H and O–H groups in total. The van der Waals surface area contributed by atoms with Crippen molar-refractivity contribution >= 4 is 35.3 Å². The number of nitrogens with zero attached hydrogens (tertiary/aromatic N) is 1. The highest BCUT2D eigenvalue weighted by Crippen LogP contribution is 2.43. The normalized spacial score (nSPS) is 14.9. The van der Waals surface area contributed by atoms with Crippen LogP contribution >= 0.6 is 23.5 Å². The molecule has 5 nitrogen and oxygen atoms in total. The van der Waals surface area contributed by atoms with Gasteiger partial charge in [0.2, 0.25) is 5.91 Å². The Balaban J connectivity index is 1.82. The number of carbonyl (C=O) groups excluding carboxylic acids is 2. The van der Waals surface area contributed by atoms with E-state index in [1.165, 1.54) is 28.4 Å². The molecule has 2 rings (SSSR count). The van der Waals surface area contributed by atoms with Gasteiger partial charge in [0.25, 0.3) is 5.91 Å². The van der Waals surface area contributed by atoms with Crippen LogP contribution in [0, 0.1) is 0 Å². The van der Waals surface area contributed by atoms with Crippen LogP contribution < -0.4 is 10.1 Å². The van der Waals surface area contributed by atoms with Gasteiger partial charge in [-0.2, -0.15) is 0 Å². The first kappa shape index (κ1) is 21.0. The Labute approximate surface area is 164 Å². The van der Waals surface area contributed by atoms with Crippen LogP contribution in [0.25, 0.3) is 0 Å². The third-order valence-electron chi connectivity index (χ3n) is 3.86. The van der Waals surface area contributed by atoms with Gasteiger partial charge in [0.1, 0.15) is 5.75 Å². The second-order valence-electron chi connectivity index (χ2n) is 6.41. The molecular weight excluding hydrogens is 368 g/mol. The largest absolute Gasteiger partial charge is 0.484 e. The van der Waals surface area contributed by atoms with Crippen LogP contribution in [0.2, 0.25) is 0 Å². The minimum absolute atomic E-state index is 0.0604. The van der Waals surface area contributed by atoms with Gasteiger partial charge in [0, 0.05) is 12.6 Å². The number of ether oxygens (including phenoxy) is 1. The molecular formula is C19H28N2O3S2. The highest BCUT2D eigenvalue weighted by Gasteiger charge is 2.18. The predicted molar refractivity (Wildman–Crippen MR) is 110 cm³/mol. The van der Waals surface area contributed by atoms with E-state index in [2.05, 4.69) is 17.4 Å². The van der Waals surface area contributed by atoms with Crippen LogP contribution in [0.15, 0.2) is 24.3 Å². The third kappa shape index (κ3) is 6.76. The molecule has 0 aromatic heterocycles. The van der Waals surface area contributed by atoms with E-state index in [1.54, 1.807) is 0 Å². The topological polar surface area (TPSA) is 58.6 Å². The van der Waals surface area contributed by atoms with E-state index in [4.69, 9.17) is 4.74 Å². The maximum atomic E-state index is 12.3. The van der Waals surface area contributed by atoms with E-state index in [9.17, 15) is 9.59 Å². The van der Waals surface area contributed by atoms with Gasteiger partial charge in [-0.15, -0.1) is 23.5 Å². The Morgan fingerprint density at radius 3 is 2.46 bits per heavy atom. The number of nitrogens with one attached hydrogen (secondary N) is 1. The first-order chi connectivity index (χ1) is 12.5. The van der Waals surface area contributed by atoms with Crippen molar-refractivity contribution < 1.29 is 14.3 Å². The van der Waals surface area contributed by atoms with Gasteiger partial charge in [-0.25, -0.2) is 0 Å². The number of carbonyl (C=O) groups is 2. The van der Waals surface area contributed by atoms with E-state index in [-0.39, 0.29) is 31.0 Å². The molecule has 0 bridgehead atoms. The summed E-state index contributed by atoms with van der Waals surface area (Å²) >= 11 is 3.96. The minimum atomic E-state index is -0.186. The lowest BCUT2D eigenvalue weighted by Crippen LogP contribution is -2.44. The molecule has 0 aliphatic carbocycles. The zero-order valence-corrected chi connectivity index (χ0v) is 17.3. The average Bonchev–Trinajstić information content (AvgIpc) is 2.64. The van der Waals surface area contributed by atoms with Crippen molar-refractivity contribution in [3.63, 3.8) is 0 Å². The maximum Gasteiger partial charge on any atom is 0.260 e. The molecule has 1 heterocycles. The van der Waals surface area contributed by atoms with Gasteiger partial charge in [-0.1, -0.05) is 12.1 Å². The number of likely N-dealkylation sites (N-methyl/N-ethyl adjacent to an activating group) is 1. The zero-order valence-electron chi connectivity index (χ0n) is 15.7. The average molecular weight is 397 g/mol. The van der Waals surface area contributed by atoms with Crippen LogP contribution in [0.1, 0.15) is 37.3 Å². The Kier molecular flexibility index (Phi) is 8.65. The highest BCUT2D eigenvalue weighted by atomic mass is 32.2. The monoisotopic (exact) mass is 396 g/mol. The van der Waals surface area contributed by atoms with Crippen LogP contribution in [-0.2, 0) is 9.59 Å². The molecule has 1 saturated heterocycles. The van der Waals surface area contributed by atoms with Crippen molar-refractivity contribution in [2.75, 3.05) is 31.2 Å². The lowest BCUT2D eigenvalue weighted by atomic mass is 10.2. The number of hydrogen-bond acceptors (Lipinski definition) is 5. The van der Waals surface area contributed by atoms with Gasteiger partial charge in [-0.3, -0.25) is 9.59 Å². The summed E-state index contributed by atoms with van der Waals surface area (Å²) in [5, 5.41) is 2.80. The molecule has 0 radical (unpaired) electrons. The Bertz CT molecular complexity index is 587. The molecule has 1 fully saturated rings. The van der Waals surface area contributed by atoms with Crippen molar-refractivity contribution in [2.45, 2.75) is 37.8 Å². The maximum absolute atomic E-state index is 12.3.